The Morgan fingerprint density at radius 1 is 0.846 bits per heavy atom. The summed E-state index contributed by atoms with van der Waals surface area (Å²) < 4.78 is 2.11. The van der Waals surface area contributed by atoms with Gasteiger partial charge in [0.25, 0.3) is 0 Å². The van der Waals surface area contributed by atoms with Crippen molar-refractivity contribution in [3.05, 3.63) is 42.2 Å². The highest BCUT2D eigenvalue weighted by molar-refractivity contribution is 5.54. The van der Waals surface area contributed by atoms with Crippen LogP contribution >= 0.6 is 0 Å². The van der Waals surface area contributed by atoms with E-state index in [1.807, 2.05) is 0 Å². The van der Waals surface area contributed by atoms with Crippen molar-refractivity contribution < 1.29 is 0 Å². The lowest BCUT2D eigenvalue weighted by Crippen LogP contribution is -2.41. The molecule has 0 N–H and O–H groups in total. The number of benzene rings is 1. The van der Waals surface area contributed by atoms with Crippen molar-refractivity contribution in [1.29, 1.82) is 0 Å². The predicted octanol–water partition coefficient (Wildman–Crippen LogP) is 4.20. The minimum Gasteiger partial charge on any atom is -0.367 e. The van der Waals surface area contributed by atoms with Crippen LogP contribution in [0.1, 0.15) is 56.6 Å². The summed E-state index contributed by atoms with van der Waals surface area (Å²) in [7, 11) is 0. The number of aromatic nitrogens is 2. The number of anilines is 1. The molecular weight excluding hydrogens is 320 g/mol. The van der Waals surface area contributed by atoms with Crippen molar-refractivity contribution >= 4 is 5.69 Å². The van der Waals surface area contributed by atoms with Gasteiger partial charge in [-0.3, -0.25) is 4.90 Å². The van der Waals surface area contributed by atoms with E-state index in [1.54, 1.807) is 0 Å². The van der Waals surface area contributed by atoms with Gasteiger partial charge in [-0.1, -0.05) is 31.0 Å². The normalized spacial score (nSPS) is 24.8. The molecule has 0 amide bonds. The van der Waals surface area contributed by atoms with Crippen molar-refractivity contribution in [3.8, 4) is 5.69 Å². The van der Waals surface area contributed by atoms with Crippen LogP contribution in [-0.2, 0) is 0 Å². The van der Waals surface area contributed by atoms with Gasteiger partial charge in [-0.2, -0.15) is 5.10 Å². The van der Waals surface area contributed by atoms with E-state index in [-0.39, 0.29) is 0 Å². The molecule has 1 atom stereocenters. The fourth-order valence-electron chi connectivity index (χ4n) is 4.85. The van der Waals surface area contributed by atoms with Gasteiger partial charge in [0, 0.05) is 25.0 Å². The summed E-state index contributed by atoms with van der Waals surface area (Å²) in [6, 6.07) is 11.3. The topological polar surface area (TPSA) is 24.3 Å². The fourth-order valence-corrected chi connectivity index (χ4v) is 4.85. The van der Waals surface area contributed by atoms with Crippen LogP contribution in [0, 0.1) is 0 Å². The smallest absolute Gasteiger partial charge is 0.0893 e. The molecule has 0 radical (unpaired) electrons. The molecule has 3 fully saturated rings. The zero-order chi connectivity index (χ0) is 17.3. The van der Waals surface area contributed by atoms with E-state index in [0.717, 1.165) is 6.04 Å². The van der Waals surface area contributed by atoms with E-state index in [2.05, 4.69) is 51.0 Å². The summed E-state index contributed by atoms with van der Waals surface area (Å²) in [6.07, 6.45) is 11.8. The molecule has 0 bridgehead atoms. The summed E-state index contributed by atoms with van der Waals surface area (Å²) in [5, 5.41) is 5.05. The molecule has 5 rings (SSSR count). The molecule has 1 aromatic heterocycles. The second-order valence-electron chi connectivity index (χ2n) is 8.29. The zero-order valence-electron chi connectivity index (χ0n) is 15.7. The predicted molar refractivity (Wildman–Crippen MR) is 106 cm³/mol. The highest BCUT2D eigenvalue weighted by Gasteiger charge is 2.33. The number of likely N-dealkylation sites (tertiary alicyclic amines) is 1. The van der Waals surface area contributed by atoms with Crippen LogP contribution in [0.25, 0.3) is 5.69 Å². The Labute approximate surface area is 156 Å². The Kier molecular flexibility index (Phi) is 4.45. The quantitative estimate of drug-likeness (QED) is 0.826. The molecule has 138 valence electrons. The maximum Gasteiger partial charge on any atom is 0.0893 e. The monoisotopic (exact) mass is 350 g/mol. The van der Waals surface area contributed by atoms with Gasteiger partial charge in [-0.15, -0.1) is 0 Å². The molecule has 1 aromatic carbocycles. The Hall–Kier alpha value is -1.81. The standard InChI is InChI=1S/C22H30N4/c1-3-10-19(11-4-1)26-17-21(22(23-26)18-8-7-9-18)25-15-12-20(16-25)24-13-5-2-6-14-24/h1,3-4,10-11,17-18,20H,2,5-9,12-16H2/t20-/m1/s1. The molecule has 2 saturated heterocycles. The average Bonchev–Trinajstić information content (AvgIpc) is 3.29. The molecule has 2 aliphatic heterocycles. The molecule has 4 heteroatoms. The van der Waals surface area contributed by atoms with Crippen LogP contribution in [0.2, 0.25) is 0 Å². The summed E-state index contributed by atoms with van der Waals surface area (Å²) in [5.41, 5.74) is 3.92. The molecule has 1 aliphatic carbocycles. The molecule has 4 nitrogen and oxygen atoms in total. The second kappa shape index (κ2) is 7.07. The molecule has 3 aliphatic rings. The molecule has 0 unspecified atom stereocenters. The number of hydrogen-bond donors (Lipinski definition) is 0. The SMILES string of the molecule is c1ccc(-n2cc(N3CC[C@@H](N4CCCCC4)C3)c(C3CCC3)n2)cc1. The first-order chi connectivity index (χ1) is 12.9. The maximum absolute atomic E-state index is 5.05. The van der Waals surface area contributed by atoms with Gasteiger partial charge in [-0.05, 0) is 57.3 Å². The Morgan fingerprint density at radius 3 is 2.38 bits per heavy atom. The van der Waals surface area contributed by atoms with Gasteiger partial charge in [0.1, 0.15) is 0 Å². The van der Waals surface area contributed by atoms with Crippen molar-refractivity contribution in [3.63, 3.8) is 0 Å². The maximum atomic E-state index is 5.05. The van der Waals surface area contributed by atoms with Crippen LogP contribution in [0.15, 0.2) is 36.5 Å². The lowest BCUT2D eigenvalue weighted by Gasteiger charge is -2.32. The summed E-state index contributed by atoms with van der Waals surface area (Å²) in [5.74, 6) is 0.670. The number of para-hydroxylation sites is 1. The van der Waals surface area contributed by atoms with Crippen LogP contribution in [0.3, 0.4) is 0 Å². The lowest BCUT2D eigenvalue weighted by molar-refractivity contribution is 0.175. The van der Waals surface area contributed by atoms with Crippen molar-refractivity contribution in [2.45, 2.75) is 56.9 Å². The van der Waals surface area contributed by atoms with Crippen LogP contribution in [0.4, 0.5) is 5.69 Å². The molecular formula is C22H30N4. The summed E-state index contributed by atoms with van der Waals surface area (Å²) in [4.78, 5) is 5.37. The minimum absolute atomic E-state index is 0.670. The third-order valence-electron chi connectivity index (χ3n) is 6.65. The molecule has 3 heterocycles. The zero-order valence-corrected chi connectivity index (χ0v) is 15.7. The van der Waals surface area contributed by atoms with Crippen molar-refractivity contribution in [1.82, 2.24) is 14.7 Å². The first kappa shape index (κ1) is 16.4. The van der Waals surface area contributed by atoms with E-state index in [1.165, 1.54) is 88.2 Å². The Bertz CT molecular complexity index is 728. The highest BCUT2D eigenvalue weighted by Crippen LogP contribution is 2.41. The van der Waals surface area contributed by atoms with E-state index in [9.17, 15) is 0 Å². The molecule has 1 saturated carbocycles. The largest absolute Gasteiger partial charge is 0.367 e. The van der Waals surface area contributed by atoms with E-state index < -0.39 is 0 Å². The third-order valence-corrected chi connectivity index (χ3v) is 6.65. The minimum atomic E-state index is 0.670. The van der Waals surface area contributed by atoms with Crippen LogP contribution < -0.4 is 4.90 Å². The highest BCUT2D eigenvalue weighted by atomic mass is 15.3. The first-order valence-corrected chi connectivity index (χ1v) is 10.5. The van der Waals surface area contributed by atoms with E-state index in [4.69, 9.17) is 5.10 Å². The van der Waals surface area contributed by atoms with Gasteiger partial charge in [0.2, 0.25) is 0 Å². The molecule has 26 heavy (non-hydrogen) atoms. The molecule has 2 aromatic rings. The lowest BCUT2D eigenvalue weighted by atomic mass is 9.82. The van der Waals surface area contributed by atoms with Crippen LogP contribution in [-0.4, -0.2) is 46.9 Å². The van der Waals surface area contributed by atoms with Gasteiger partial charge >= 0.3 is 0 Å². The van der Waals surface area contributed by atoms with Crippen LogP contribution in [0.5, 0.6) is 0 Å². The van der Waals surface area contributed by atoms with E-state index >= 15 is 0 Å². The third kappa shape index (κ3) is 3.05. The van der Waals surface area contributed by atoms with Crippen molar-refractivity contribution in [2.24, 2.45) is 0 Å². The summed E-state index contributed by atoms with van der Waals surface area (Å²) >= 11 is 0. The van der Waals surface area contributed by atoms with E-state index in [0.29, 0.717) is 5.92 Å². The number of piperidine rings is 1. The number of nitrogens with zero attached hydrogens (tertiary/aromatic N) is 4. The molecule has 0 spiro atoms. The van der Waals surface area contributed by atoms with Crippen molar-refractivity contribution in [2.75, 3.05) is 31.1 Å². The fraction of sp³-hybridized carbons (Fsp3) is 0.591. The summed E-state index contributed by atoms with van der Waals surface area (Å²) in [6.45, 7) is 4.97. The van der Waals surface area contributed by atoms with Gasteiger partial charge < -0.3 is 4.90 Å². The Morgan fingerprint density at radius 2 is 1.65 bits per heavy atom. The van der Waals surface area contributed by atoms with Gasteiger partial charge in [0.05, 0.1) is 23.3 Å². The average molecular weight is 351 g/mol. The van der Waals surface area contributed by atoms with Gasteiger partial charge in [-0.25, -0.2) is 4.68 Å². The Balaban J connectivity index is 1.40. The second-order valence-corrected chi connectivity index (χ2v) is 8.29. The number of rotatable bonds is 4. The number of hydrogen-bond acceptors (Lipinski definition) is 3. The first-order valence-electron chi connectivity index (χ1n) is 10.5. The van der Waals surface area contributed by atoms with Gasteiger partial charge in [0.15, 0.2) is 0 Å².